The third kappa shape index (κ3) is 3.07. The van der Waals surface area contributed by atoms with Crippen molar-refractivity contribution in [1.82, 2.24) is 14.5 Å². The first kappa shape index (κ1) is 19.7. The van der Waals surface area contributed by atoms with Crippen molar-refractivity contribution >= 4 is 28.5 Å². The number of benzene rings is 1. The minimum atomic E-state index is 0.00982. The van der Waals surface area contributed by atoms with E-state index in [1.54, 1.807) is 0 Å². The van der Waals surface area contributed by atoms with Crippen LogP contribution >= 0.6 is 23.4 Å². The van der Waals surface area contributed by atoms with Crippen LogP contribution < -0.4 is 0 Å². The van der Waals surface area contributed by atoms with Crippen molar-refractivity contribution < 1.29 is 0 Å². The number of aliphatic imine (C=N–C) groups is 1. The third-order valence-electron chi connectivity index (χ3n) is 6.15. The minimum absolute atomic E-state index is 0.00982. The van der Waals surface area contributed by atoms with Gasteiger partial charge in [-0.1, -0.05) is 42.4 Å². The van der Waals surface area contributed by atoms with E-state index >= 15 is 0 Å². The van der Waals surface area contributed by atoms with E-state index in [0.717, 1.165) is 33.7 Å². The molecule has 2 aliphatic rings. The number of halogens is 1. The largest absolute Gasteiger partial charge is 0.341 e. The summed E-state index contributed by atoms with van der Waals surface area (Å²) in [5.74, 6) is 0. The summed E-state index contributed by atoms with van der Waals surface area (Å²) in [6, 6.07) is 14.7. The van der Waals surface area contributed by atoms with Crippen LogP contribution in [0.3, 0.4) is 0 Å². The Balaban J connectivity index is 1.65. The monoisotopic (exact) mass is 436 g/mol. The zero-order valence-corrected chi connectivity index (χ0v) is 19.2. The number of thioether (sulfide) groups is 1. The van der Waals surface area contributed by atoms with Gasteiger partial charge in [0.15, 0.2) is 5.17 Å². The van der Waals surface area contributed by atoms with E-state index in [2.05, 4.69) is 66.4 Å². The fraction of sp³-hybridized carbons (Fsp3) is 0.333. The number of aryl methyl sites for hydroxylation is 1. The smallest absolute Gasteiger partial charge is 0.160 e. The lowest BCUT2D eigenvalue weighted by Gasteiger charge is -2.27. The summed E-state index contributed by atoms with van der Waals surface area (Å²) >= 11 is 8.32. The zero-order chi connectivity index (χ0) is 21.0. The Morgan fingerprint density at radius 3 is 2.70 bits per heavy atom. The molecule has 0 saturated carbocycles. The van der Waals surface area contributed by atoms with Gasteiger partial charge < -0.3 is 9.47 Å². The normalized spacial score (nSPS) is 23.0. The second kappa shape index (κ2) is 7.47. The number of amidine groups is 1. The van der Waals surface area contributed by atoms with Crippen LogP contribution in [0.15, 0.2) is 53.7 Å². The molecule has 0 amide bonds. The Morgan fingerprint density at radius 1 is 1.10 bits per heavy atom. The van der Waals surface area contributed by atoms with Crippen LogP contribution in [-0.4, -0.2) is 31.4 Å². The van der Waals surface area contributed by atoms with Gasteiger partial charge in [-0.3, -0.25) is 9.98 Å². The molecule has 4 nitrogen and oxygen atoms in total. The molecule has 0 N–H and O–H groups in total. The molecule has 0 radical (unpaired) electrons. The first-order valence-electron chi connectivity index (χ1n) is 10.3. The van der Waals surface area contributed by atoms with E-state index in [-0.39, 0.29) is 12.1 Å². The fourth-order valence-electron chi connectivity index (χ4n) is 4.75. The van der Waals surface area contributed by atoms with Crippen molar-refractivity contribution in [3.63, 3.8) is 0 Å². The molecular formula is C24H25ClN4S. The van der Waals surface area contributed by atoms with Gasteiger partial charge in [-0.25, -0.2) is 0 Å². The average Bonchev–Trinajstić information content (AvgIpc) is 3.35. The van der Waals surface area contributed by atoms with Gasteiger partial charge in [0.25, 0.3) is 0 Å². The summed E-state index contributed by atoms with van der Waals surface area (Å²) in [5, 5.41) is 2.49. The highest BCUT2D eigenvalue weighted by Gasteiger charge is 2.44. The van der Waals surface area contributed by atoms with Crippen LogP contribution in [-0.2, 0) is 0 Å². The molecule has 1 saturated heterocycles. The van der Waals surface area contributed by atoms with Gasteiger partial charge in [0.05, 0.1) is 11.7 Å². The highest BCUT2D eigenvalue weighted by Crippen LogP contribution is 2.49. The topological polar surface area (TPSA) is 33.4 Å². The fourth-order valence-corrected chi connectivity index (χ4v) is 6.01. The maximum atomic E-state index is 6.44. The summed E-state index contributed by atoms with van der Waals surface area (Å²) in [6.07, 6.45) is 1.87. The molecule has 30 heavy (non-hydrogen) atoms. The van der Waals surface area contributed by atoms with E-state index in [1.165, 1.54) is 17.0 Å². The Bertz CT molecular complexity index is 1140. The van der Waals surface area contributed by atoms with Crippen LogP contribution in [0.2, 0.25) is 5.02 Å². The van der Waals surface area contributed by atoms with Gasteiger partial charge in [0, 0.05) is 40.1 Å². The second-order valence-electron chi connectivity index (χ2n) is 8.18. The summed E-state index contributed by atoms with van der Waals surface area (Å²) in [7, 11) is 0. The van der Waals surface area contributed by atoms with Gasteiger partial charge in [0.2, 0.25) is 0 Å². The molecule has 5 rings (SSSR count). The Morgan fingerprint density at radius 2 is 1.93 bits per heavy atom. The van der Waals surface area contributed by atoms with Crippen molar-refractivity contribution in [3.8, 4) is 5.69 Å². The van der Waals surface area contributed by atoms with Crippen molar-refractivity contribution in [3.05, 3.63) is 81.9 Å². The Labute approximate surface area is 187 Å². The molecule has 3 atom stereocenters. The number of pyridine rings is 1. The average molecular weight is 437 g/mol. The van der Waals surface area contributed by atoms with Crippen LogP contribution in [0, 0.1) is 20.8 Å². The standard InChI is InChI=1S/C24H25ClN4S/c1-14-12-18(17(4)29(14)21-10-7-8-19(25)16(21)3)23-22(20-9-5-6-11-26-20)27-24-28(23)13-15(2)30-24/h5-12,15,22-23H,13H2,1-4H3/t15-,22-,23-/m0/s1. The van der Waals surface area contributed by atoms with Crippen LogP contribution in [0.4, 0.5) is 0 Å². The molecule has 1 aromatic carbocycles. The van der Waals surface area contributed by atoms with Gasteiger partial charge in [-0.15, -0.1) is 0 Å². The Hall–Kier alpha value is -2.24. The van der Waals surface area contributed by atoms with Crippen LogP contribution in [0.1, 0.15) is 47.2 Å². The number of rotatable bonds is 3. The van der Waals surface area contributed by atoms with E-state index in [1.807, 2.05) is 36.2 Å². The lowest BCUT2D eigenvalue weighted by Crippen LogP contribution is -2.28. The molecule has 0 unspecified atom stereocenters. The molecule has 2 aliphatic heterocycles. The predicted molar refractivity (Wildman–Crippen MR) is 126 cm³/mol. The first-order valence-corrected chi connectivity index (χ1v) is 11.6. The molecule has 0 aliphatic carbocycles. The molecule has 6 heteroatoms. The number of nitrogens with zero attached hydrogens (tertiary/aromatic N) is 4. The van der Waals surface area contributed by atoms with Gasteiger partial charge in [-0.2, -0.15) is 0 Å². The summed E-state index contributed by atoms with van der Waals surface area (Å²) in [6.45, 7) is 9.75. The molecule has 0 spiro atoms. The molecule has 3 aromatic rings. The second-order valence-corrected chi connectivity index (χ2v) is 10.00. The van der Waals surface area contributed by atoms with E-state index in [0.29, 0.717) is 5.25 Å². The minimum Gasteiger partial charge on any atom is -0.341 e. The molecule has 2 aromatic heterocycles. The lowest BCUT2D eigenvalue weighted by molar-refractivity contribution is 0.320. The highest BCUT2D eigenvalue weighted by molar-refractivity contribution is 8.14. The van der Waals surface area contributed by atoms with Crippen molar-refractivity contribution in [1.29, 1.82) is 0 Å². The maximum absolute atomic E-state index is 6.44. The number of aromatic nitrogens is 2. The van der Waals surface area contributed by atoms with Gasteiger partial charge in [0.1, 0.15) is 6.04 Å². The molecule has 154 valence electrons. The number of hydrogen-bond donors (Lipinski definition) is 0. The van der Waals surface area contributed by atoms with Gasteiger partial charge in [-0.05, 0) is 62.2 Å². The molecule has 1 fully saturated rings. The predicted octanol–water partition coefficient (Wildman–Crippen LogP) is 6.04. The van der Waals surface area contributed by atoms with Crippen molar-refractivity contribution in [2.45, 2.75) is 45.0 Å². The quantitative estimate of drug-likeness (QED) is 0.501. The number of fused-ring (bicyclic) bond motifs is 1. The summed E-state index contributed by atoms with van der Waals surface area (Å²) in [4.78, 5) is 12.3. The summed E-state index contributed by atoms with van der Waals surface area (Å²) in [5.41, 5.74) is 7.03. The molecule has 0 bridgehead atoms. The molecular weight excluding hydrogens is 412 g/mol. The number of hydrogen-bond acceptors (Lipinski definition) is 4. The SMILES string of the molecule is Cc1c(Cl)cccc1-n1c(C)cc([C@H]2[C@H](c3ccccn3)N=C3S[C@@H](C)CN32)c1C. The van der Waals surface area contributed by atoms with Crippen molar-refractivity contribution in [2.24, 2.45) is 4.99 Å². The van der Waals surface area contributed by atoms with Crippen molar-refractivity contribution in [2.75, 3.05) is 6.54 Å². The van der Waals surface area contributed by atoms with Crippen LogP contribution in [0.25, 0.3) is 5.69 Å². The third-order valence-corrected chi connectivity index (χ3v) is 7.66. The van der Waals surface area contributed by atoms with Crippen LogP contribution in [0.5, 0.6) is 0 Å². The van der Waals surface area contributed by atoms with E-state index in [9.17, 15) is 0 Å². The maximum Gasteiger partial charge on any atom is 0.160 e. The Kier molecular flexibility index (Phi) is 4.91. The van der Waals surface area contributed by atoms with Gasteiger partial charge >= 0.3 is 0 Å². The highest BCUT2D eigenvalue weighted by atomic mass is 35.5. The van der Waals surface area contributed by atoms with E-state index < -0.39 is 0 Å². The molecule has 4 heterocycles. The lowest BCUT2D eigenvalue weighted by atomic mass is 9.96. The zero-order valence-electron chi connectivity index (χ0n) is 17.6. The first-order chi connectivity index (χ1) is 14.5. The van der Waals surface area contributed by atoms with E-state index in [4.69, 9.17) is 16.6 Å². The summed E-state index contributed by atoms with van der Waals surface area (Å²) < 4.78 is 2.33.